The summed E-state index contributed by atoms with van der Waals surface area (Å²) >= 11 is 0. The maximum absolute atomic E-state index is 12.5. The van der Waals surface area contributed by atoms with Crippen molar-refractivity contribution in [2.75, 3.05) is 11.9 Å². The molecule has 0 aliphatic heterocycles. The smallest absolute Gasteiger partial charge is 0.226 e. The summed E-state index contributed by atoms with van der Waals surface area (Å²) < 4.78 is 0. The van der Waals surface area contributed by atoms with E-state index in [2.05, 4.69) is 9.97 Å². The number of hydrogen-bond donors (Lipinski definition) is 0. The maximum Gasteiger partial charge on any atom is 0.226 e. The van der Waals surface area contributed by atoms with Crippen molar-refractivity contribution in [3.63, 3.8) is 0 Å². The first kappa shape index (κ1) is 20.4. The second-order valence-electron chi connectivity index (χ2n) is 6.96. The fraction of sp³-hybridized carbons (Fsp3) is 0.250. The van der Waals surface area contributed by atoms with Crippen LogP contribution in [0.15, 0.2) is 60.9 Å². The van der Waals surface area contributed by atoms with Crippen LogP contribution < -0.4 is 4.90 Å². The van der Waals surface area contributed by atoms with Gasteiger partial charge in [0, 0.05) is 42.9 Å². The molecule has 0 saturated heterocycles. The second-order valence-corrected chi connectivity index (χ2v) is 6.96. The van der Waals surface area contributed by atoms with Crippen LogP contribution in [-0.4, -0.2) is 28.7 Å². The Balaban J connectivity index is 1.66. The molecule has 1 aromatic carbocycles. The number of nitrogens with zero attached hydrogens (tertiary/aromatic N) is 3. The van der Waals surface area contributed by atoms with Crippen molar-refractivity contribution >= 4 is 17.4 Å². The zero-order chi connectivity index (χ0) is 20.8. The lowest BCUT2D eigenvalue weighted by Crippen LogP contribution is -2.25. The molecule has 148 valence electrons. The summed E-state index contributed by atoms with van der Waals surface area (Å²) in [5.41, 5.74) is 5.26. The van der Waals surface area contributed by atoms with E-state index in [1.165, 1.54) is 0 Å². The lowest BCUT2D eigenvalue weighted by molar-refractivity contribution is -0.118. The molecule has 0 unspecified atom stereocenters. The summed E-state index contributed by atoms with van der Waals surface area (Å²) in [6.07, 6.45) is 5.05. The third-order valence-corrected chi connectivity index (χ3v) is 5.05. The second kappa shape index (κ2) is 9.24. The van der Waals surface area contributed by atoms with Crippen molar-refractivity contribution in [2.24, 2.45) is 0 Å². The predicted molar refractivity (Wildman–Crippen MR) is 115 cm³/mol. The van der Waals surface area contributed by atoms with Crippen LogP contribution in [0.4, 0.5) is 5.69 Å². The molecule has 2 heterocycles. The van der Waals surface area contributed by atoms with Crippen molar-refractivity contribution in [3.8, 4) is 11.3 Å². The van der Waals surface area contributed by atoms with Gasteiger partial charge in [0.2, 0.25) is 5.91 Å². The van der Waals surface area contributed by atoms with E-state index in [1.807, 2.05) is 62.4 Å². The fourth-order valence-corrected chi connectivity index (χ4v) is 3.14. The Bertz CT molecular complexity index is 995. The number of benzene rings is 1. The SMILES string of the molecule is CCC(=O)N(C)c1ccc(-c2ccc(C(=O)CCc3cccnc3C)cc2)nc1. The van der Waals surface area contributed by atoms with Crippen LogP contribution in [0.1, 0.15) is 41.4 Å². The lowest BCUT2D eigenvalue weighted by atomic mass is 10.0. The first-order chi connectivity index (χ1) is 14.0. The molecule has 5 heteroatoms. The Morgan fingerprint density at radius 2 is 1.76 bits per heavy atom. The van der Waals surface area contributed by atoms with E-state index in [9.17, 15) is 9.59 Å². The van der Waals surface area contributed by atoms with Gasteiger partial charge in [0.05, 0.1) is 17.6 Å². The Morgan fingerprint density at radius 1 is 1.00 bits per heavy atom. The van der Waals surface area contributed by atoms with E-state index in [0.29, 0.717) is 24.8 Å². The summed E-state index contributed by atoms with van der Waals surface area (Å²) in [6.45, 7) is 3.80. The van der Waals surface area contributed by atoms with Crippen LogP contribution in [0.2, 0.25) is 0 Å². The quantitative estimate of drug-likeness (QED) is 0.554. The number of carbonyl (C=O) groups excluding carboxylic acids is 2. The zero-order valence-corrected chi connectivity index (χ0v) is 17.1. The summed E-state index contributed by atoms with van der Waals surface area (Å²) in [4.78, 5) is 34.6. The van der Waals surface area contributed by atoms with Gasteiger partial charge in [0.15, 0.2) is 5.78 Å². The Morgan fingerprint density at radius 3 is 2.38 bits per heavy atom. The largest absolute Gasteiger partial charge is 0.314 e. The molecule has 3 aromatic rings. The molecule has 0 fully saturated rings. The van der Waals surface area contributed by atoms with Gasteiger partial charge in [0.25, 0.3) is 0 Å². The molecule has 0 aliphatic carbocycles. The molecule has 1 amide bonds. The standard InChI is InChI=1S/C24H25N3O2/c1-4-24(29)27(3)21-12-13-22(26-16-21)19-7-9-20(10-8-19)23(28)14-11-18-6-5-15-25-17(18)2/h5-10,12-13,15-16H,4,11,14H2,1-3H3. The molecular formula is C24H25N3O2. The summed E-state index contributed by atoms with van der Waals surface area (Å²) in [5.74, 6) is 0.159. The zero-order valence-electron chi connectivity index (χ0n) is 17.1. The van der Waals surface area contributed by atoms with Crippen LogP contribution in [0, 0.1) is 6.92 Å². The van der Waals surface area contributed by atoms with Gasteiger partial charge in [-0.05, 0) is 37.1 Å². The minimum atomic E-state index is 0.0453. The van der Waals surface area contributed by atoms with Gasteiger partial charge in [-0.25, -0.2) is 0 Å². The lowest BCUT2D eigenvalue weighted by Gasteiger charge is -2.16. The van der Waals surface area contributed by atoms with Crippen LogP contribution in [0.3, 0.4) is 0 Å². The number of rotatable bonds is 7. The van der Waals surface area contributed by atoms with Gasteiger partial charge in [-0.1, -0.05) is 37.3 Å². The topological polar surface area (TPSA) is 63.2 Å². The maximum atomic E-state index is 12.5. The number of aryl methyl sites for hydroxylation is 2. The van der Waals surface area contributed by atoms with Gasteiger partial charge >= 0.3 is 0 Å². The van der Waals surface area contributed by atoms with Gasteiger partial charge in [-0.2, -0.15) is 0 Å². The number of aromatic nitrogens is 2. The molecular weight excluding hydrogens is 362 g/mol. The third kappa shape index (κ3) is 4.93. The van der Waals surface area contributed by atoms with E-state index < -0.39 is 0 Å². The summed E-state index contributed by atoms with van der Waals surface area (Å²) in [6, 6.07) is 15.2. The van der Waals surface area contributed by atoms with Crippen molar-refractivity contribution in [1.29, 1.82) is 0 Å². The Labute approximate surface area is 171 Å². The summed E-state index contributed by atoms with van der Waals surface area (Å²) in [5, 5.41) is 0. The highest BCUT2D eigenvalue weighted by molar-refractivity contribution is 5.96. The first-order valence-electron chi connectivity index (χ1n) is 9.76. The van der Waals surface area contributed by atoms with Crippen molar-refractivity contribution in [2.45, 2.75) is 33.1 Å². The van der Waals surface area contributed by atoms with Crippen LogP contribution in [0.25, 0.3) is 11.3 Å². The molecule has 0 aliphatic rings. The van der Waals surface area contributed by atoms with Gasteiger partial charge in [-0.15, -0.1) is 0 Å². The minimum absolute atomic E-state index is 0.0453. The third-order valence-electron chi connectivity index (χ3n) is 5.05. The van der Waals surface area contributed by atoms with Crippen molar-refractivity contribution < 1.29 is 9.59 Å². The van der Waals surface area contributed by atoms with E-state index in [-0.39, 0.29) is 11.7 Å². The van der Waals surface area contributed by atoms with Gasteiger partial charge < -0.3 is 4.90 Å². The molecule has 0 bridgehead atoms. The molecule has 3 rings (SSSR count). The molecule has 2 aromatic heterocycles. The molecule has 0 N–H and O–H groups in total. The van der Waals surface area contributed by atoms with Crippen LogP contribution in [0.5, 0.6) is 0 Å². The number of hydrogen-bond acceptors (Lipinski definition) is 4. The molecule has 5 nitrogen and oxygen atoms in total. The number of carbonyl (C=O) groups is 2. The number of amides is 1. The molecule has 0 atom stereocenters. The van der Waals surface area contributed by atoms with Crippen molar-refractivity contribution in [1.82, 2.24) is 9.97 Å². The number of anilines is 1. The first-order valence-corrected chi connectivity index (χ1v) is 9.76. The van der Waals surface area contributed by atoms with E-state index in [1.54, 1.807) is 24.3 Å². The minimum Gasteiger partial charge on any atom is -0.314 e. The normalized spacial score (nSPS) is 10.6. The average molecular weight is 387 g/mol. The number of ketones is 1. The van der Waals surface area contributed by atoms with Crippen molar-refractivity contribution in [3.05, 3.63) is 77.7 Å². The molecule has 0 saturated carbocycles. The number of pyridine rings is 2. The highest BCUT2D eigenvalue weighted by Crippen LogP contribution is 2.21. The number of Topliss-reactive ketones (excluding diaryl/α,β-unsaturated/α-hetero) is 1. The van der Waals surface area contributed by atoms with E-state index in [4.69, 9.17) is 0 Å². The highest BCUT2D eigenvalue weighted by Gasteiger charge is 2.11. The van der Waals surface area contributed by atoms with E-state index >= 15 is 0 Å². The Kier molecular flexibility index (Phi) is 6.50. The Hall–Kier alpha value is -3.34. The fourth-order valence-electron chi connectivity index (χ4n) is 3.14. The highest BCUT2D eigenvalue weighted by atomic mass is 16.2. The monoisotopic (exact) mass is 387 g/mol. The molecule has 0 radical (unpaired) electrons. The molecule has 29 heavy (non-hydrogen) atoms. The van der Waals surface area contributed by atoms with Gasteiger partial charge in [-0.3, -0.25) is 19.6 Å². The van der Waals surface area contributed by atoms with Gasteiger partial charge in [0.1, 0.15) is 0 Å². The predicted octanol–water partition coefficient (Wildman–Crippen LogP) is 4.64. The van der Waals surface area contributed by atoms with E-state index in [0.717, 1.165) is 28.2 Å². The summed E-state index contributed by atoms with van der Waals surface area (Å²) in [7, 11) is 1.75. The van der Waals surface area contributed by atoms with Crippen LogP contribution >= 0.6 is 0 Å². The average Bonchev–Trinajstić information content (AvgIpc) is 2.77. The van der Waals surface area contributed by atoms with Crippen LogP contribution in [-0.2, 0) is 11.2 Å². The molecule has 0 spiro atoms.